The molecule has 1 atom stereocenters. The minimum Gasteiger partial charge on any atom is -0.495 e. The number of benzene rings is 1. The summed E-state index contributed by atoms with van der Waals surface area (Å²) in [6, 6.07) is 4.77. The van der Waals surface area contributed by atoms with Crippen molar-refractivity contribution in [2.75, 3.05) is 7.11 Å². The van der Waals surface area contributed by atoms with Crippen molar-refractivity contribution in [3.05, 3.63) is 40.3 Å². The highest BCUT2D eigenvalue weighted by Crippen LogP contribution is 2.29. The van der Waals surface area contributed by atoms with Crippen LogP contribution in [0.25, 0.3) is 0 Å². The number of hydrogen-bond donors (Lipinski definition) is 1. The third kappa shape index (κ3) is 4.53. The lowest BCUT2D eigenvalue weighted by atomic mass is 10.1. The van der Waals surface area contributed by atoms with Crippen LogP contribution in [0.15, 0.2) is 34.7 Å². The molecule has 1 aromatic carbocycles. The van der Waals surface area contributed by atoms with Gasteiger partial charge in [-0.2, -0.15) is 0 Å². The summed E-state index contributed by atoms with van der Waals surface area (Å²) in [7, 11) is -2.24. The molecule has 126 valence electrons. The molecule has 0 aliphatic heterocycles. The number of sulfonamides is 1. The molecule has 0 radical (unpaired) electrons. The Morgan fingerprint density at radius 3 is 2.65 bits per heavy atom. The Kier molecular flexibility index (Phi) is 5.78. The molecule has 2 aromatic rings. The number of methoxy groups -OCH3 is 1. The first kappa shape index (κ1) is 17.9. The molecule has 7 heteroatoms. The van der Waals surface area contributed by atoms with Crippen molar-refractivity contribution in [2.45, 2.75) is 38.1 Å². The number of nitrogens with one attached hydrogen (secondary N) is 1. The molecule has 0 amide bonds. The van der Waals surface area contributed by atoms with Gasteiger partial charge < -0.3 is 4.74 Å². The molecule has 0 fully saturated rings. The number of aryl methyl sites for hydroxylation is 1. The standard InChI is InChI=1S/C16H22N2O3S2/c1-11(2)9-13(16-17-7-8-22-16)18-23(19,20)15-10-12(3)5-6-14(15)21-4/h5-8,10-11,13,18H,9H2,1-4H3. The van der Waals surface area contributed by atoms with E-state index < -0.39 is 10.0 Å². The second kappa shape index (κ2) is 7.42. The lowest BCUT2D eigenvalue weighted by Gasteiger charge is -2.19. The number of ether oxygens (including phenoxy) is 1. The number of hydrogen-bond acceptors (Lipinski definition) is 5. The number of rotatable bonds is 7. The summed E-state index contributed by atoms with van der Waals surface area (Å²) in [5.74, 6) is 0.677. The Morgan fingerprint density at radius 2 is 2.09 bits per heavy atom. The van der Waals surface area contributed by atoms with Crippen LogP contribution in [0.5, 0.6) is 5.75 Å². The van der Waals surface area contributed by atoms with Gasteiger partial charge in [-0.05, 0) is 37.0 Å². The Labute approximate surface area is 141 Å². The summed E-state index contributed by atoms with van der Waals surface area (Å²) in [6.07, 6.45) is 2.37. The summed E-state index contributed by atoms with van der Waals surface area (Å²) in [4.78, 5) is 4.43. The van der Waals surface area contributed by atoms with Gasteiger partial charge in [0, 0.05) is 11.6 Å². The first-order chi connectivity index (χ1) is 10.8. The van der Waals surface area contributed by atoms with E-state index in [1.54, 1.807) is 18.3 Å². The van der Waals surface area contributed by atoms with E-state index in [2.05, 4.69) is 23.6 Å². The Hall–Kier alpha value is -1.44. The predicted octanol–water partition coefficient (Wildman–Crippen LogP) is 3.53. The van der Waals surface area contributed by atoms with Gasteiger partial charge in [0.25, 0.3) is 0 Å². The zero-order valence-electron chi connectivity index (χ0n) is 13.7. The monoisotopic (exact) mass is 354 g/mol. The van der Waals surface area contributed by atoms with Crippen LogP contribution in [0.4, 0.5) is 0 Å². The maximum Gasteiger partial charge on any atom is 0.244 e. The molecule has 1 unspecified atom stereocenters. The van der Waals surface area contributed by atoms with E-state index in [1.165, 1.54) is 18.4 Å². The fraction of sp³-hybridized carbons (Fsp3) is 0.438. The Bertz CT molecular complexity index is 741. The third-order valence-corrected chi connectivity index (χ3v) is 5.74. The average molecular weight is 354 g/mol. The van der Waals surface area contributed by atoms with E-state index in [-0.39, 0.29) is 10.9 Å². The summed E-state index contributed by atoms with van der Waals surface area (Å²) >= 11 is 1.45. The smallest absolute Gasteiger partial charge is 0.244 e. The molecule has 0 spiro atoms. The van der Waals surface area contributed by atoms with Gasteiger partial charge in [-0.3, -0.25) is 0 Å². The molecule has 0 bridgehead atoms. The Balaban J connectivity index is 2.37. The van der Waals surface area contributed by atoms with E-state index in [4.69, 9.17) is 4.74 Å². The largest absolute Gasteiger partial charge is 0.495 e. The zero-order chi connectivity index (χ0) is 17.0. The van der Waals surface area contributed by atoms with Gasteiger partial charge in [0.15, 0.2) is 0 Å². The maximum atomic E-state index is 12.8. The third-order valence-electron chi connectivity index (χ3n) is 3.36. The highest BCUT2D eigenvalue weighted by molar-refractivity contribution is 7.89. The summed E-state index contributed by atoms with van der Waals surface area (Å²) in [5.41, 5.74) is 0.862. The van der Waals surface area contributed by atoms with Crippen molar-refractivity contribution in [1.29, 1.82) is 0 Å². The highest BCUT2D eigenvalue weighted by atomic mass is 32.2. The zero-order valence-corrected chi connectivity index (χ0v) is 15.4. The van der Waals surface area contributed by atoms with E-state index in [0.717, 1.165) is 10.6 Å². The van der Waals surface area contributed by atoms with Crippen molar-refractivity contribution in [3.63, 3.8) is 0 Å². The predicted molar refractivity (Wildman–Crippen MR) is 92.4 cm³/mol. The topological polar surface area (TPSA) is 68.3 Å². The number of nitrogens with zero attached hydrogens (tertiary/aromatic N) is 1. The lowest BCUT2D eigenvalue weighted by Crippen LogP contribution is -2.30. The minimum atomic E-state index is -3.70. The van der Waals surface area contributed by atoms with Gasteiger partial charge in [0.2, 0.25) is 10.0 Å². The molecule has 1 heterocycles. The molecule has 2 rings (SSSR count). The van der Waals surface area contributed by atoms with E-state index in [0.29, 0.717) is 18.1 Å². The van der Waals surface area contributed by atoms with Gasteiger partial charge in [0.05, 0.1) is 13.2 Å². The molecular formula is C16H22N2O3S2. The van der Waals surface area contributed by atoms with Crippen LogP contribution in [-0.4, -0.2) is 20.5 Å². The molecule has 1 aromatic heterocycles. The van der Waals surface area contributed by atoms with Crippen LogP contribution in [-0.2, 0) is 10.0 Å². The summed E-state index contributed by atoms with van der Waals surface area (Å²) in [6.45, 7) is 5.97. The molecule has 1 N–H and O–H groups in total. The van der Waals surface area contributed by atoms with Gasteiger partial charge >= 0.3 is 0 Å². The van der Waals surface area contributed by atoms with Crippen molar-refractivity contribution in [2.24, 2.45) is 5.92 Å². The first-order valence-corrected chi connectivity index (χ1v) is 9.76. The maximum absolute atomic E-state index is 12.8. The van der Waals surface area contributed by atoms with Crippen LogP contribution >= 0.6 is 11.3 Å². The van der Waals surface area contributed by atoms with Crippen LogP contribution in [0.2, 0.25) is 0 Å². The van der Waals surface area contributed by atoms with Crippen molar-refractivity contribution < 1.29 is 13.2 Å². The molecule has 0 saturated carbocycles. The van der Waals surface area contributed by atoms with Gasteiger partial charge in [0.1, 0.15) is 15.7 Å². The van der Waals surface area contributed by atoms with Crippen molar-refractivity contribution >= 4 is 21.4 Å². The first-order valence-electron chi connectivity index (χ1n) is 7.40. The molecule has 0 saturated heterocycles. The van der Waals surface area contributed by atoms with Crippen LogP contribution in [0.1, 0.15) is 36.9 Å². The number of aromatic nitrogens is 1. The summed E-state index contributed by atoms with van der Waals surface area (Å²) in [5, 5.41) is 2.62. The molecule has 0 aliphatic carbocycles. The Morgan fingerprint density at radius 1 is 1.35 bits per heavy atom. The van der Waals surface area contributed by atoms with E-state index in [1.807, 2.05) is 18.4 Å². The fourth-order valence-electron chi connectivity index (χ4n) is 2.32. The second-order valence-electron chi connectivity index (χ2n) is 5.83. The van der Waals surface area contributed by atoms with Crippen molar-refractivity contribution in [1.82, 2.24) is 9.71 Å². The number of thiazole rings is 1. The molecular weight excluding hydrogens is 332 g/mol. The lowest BCUT2D eigenvalue weighted by molar-refractivity contribution is 0.401. The van der Waals surface area contributed by atoms with Gasteiger partial charge in [-0.15, -0.1) is 11.3 Å². The summed E-state index contributed by atoms with van der Waals surface area (Å²) < 4.78 is 33.7. The van der Waals surface area contributed by atoms with Gasteiger partial charge in [-0.25, -0.2) is 18.1 Å². The quantitative estimate of drug-likeness (QED) is 0.826. The van der Waals surface area contributed by atoms with Crippen LogP contribution < -0.4 is 9.46 Å². The molecule has 23 heavy (non-hydrogen) atoms. The second-order valence-corrected chi connectivity index (χ2v) is 8.44. The van der Waals surface area contributed by atoms with Crippen molar-refractivity contribution in [3.8, 4) is 5.75 Å². The highest BCUT2D eigenvalue weighted by Gasteiger charge is 2.26. The van der Waals surface area contributed by atoms with E-state index in [9.17, 15) is 8.42 Å². The van der Waals surface area contributed by atoms with Crippen LogP contribution in [0.3, 0.4) is 0 Å². The van der Waals surface area contributed by atoms with Gasteiger partial charge in [-0.1, -0.05) is 19.9 Å². The van der Waals surface area contributed by atoms with E-state index >= 15 is 0 Å². The normalized spacial score (nSPS) is 13.3. The fourth-order valence-corrected chi connectivity index (χ4v) is 4.57. The molecule has 0 aliphatic rings. The average Bonchev–Trinajstić information content (AvgIpc) is 3.00. The van der Waals surface area contributed by atoms with Crippen LogP contribution in [0, 0.1) is 12.8 Å². The minimum absolute atomic E-state index is 0.158. The molecule has 5 nitrogen and oxygen atoms in total. The SMILES string of the molecule is COc1ccc(C)cc1S(=O)(=O)NC(CC(C)C)c1nccs1.